The Hall–Kier alpha value is -1.39. The minimum absolute atomic E-state index is 0.0806. The molecule has 0 aliphatic carbocycles. The zero-order valence-corrected chi connectivity index (χ0v) is 28.0. The van der Waals surface area contributed by atoms with Crippen LogP contribution >= 0.6 is 0 Å². The van der Waals surface area contributed by atoms with Gasteiger partial charge in [-0.3, -0.25) is 4.79 Å². The van der Waals surface area contributed by atoms with Gasteiger partial charge in [-0.05, 0) is 51.4 Å². The van der Waals surface area contributed by atoms with Crippen LogP contribution in [0.4, 0.5) is 0 Å². The lowest BCUT2D eigenvalue weighted by molar-refractivity contribution is -0.123. The summed E-state index contributed by atoms with van der Waals surface area (Å²) >= 11 is 0. The predicted octanol–water partition coefficient (Wildman–Crippen LogP) is 10.7. The molecule has 0 saturated heterocycles. The average Bonchev–Trinajstić information content (AvgIpc) is 2.99. The Morgan fingerprint density at radius 2 is 0.976 bits per heavy atom. The topological polar surface area (TPSA) is 69.6 Å². The van der Waals surface area contributed by atoms with E-state index < -0.39 is 12.1 Å². The highest BCUT2D eigenvalue weighted by Gasteiger charge is 2.17. The molecule has 0 aromatic carbocycles. The number of rotatable bonds is 32. The lowest BCUT2D eigenvalue weighted by Gasteiger charge is -2.19. The summed E-state index contributed by atoms with van der Waals surface area (Å²) in [5, 5.41) is 22.6. The molecule has 0 bridgehead atoms. The molecule has 3 N–H and O–H groups in total. The second kappa shape index (κ2) is 34.1. The Balaban J connectivity index is 3.50. The zero-order valence-electron chi connectivity index (χ0n) is 28.0. The van der Waals surface area contributed by atoms with E-state index in [1.807, 2.05) is 6.08 Å². The Kier molecular flexibility index (Phi) is 33.0. The summed E-state index contributed by atoms with van der Waals surface area (Å²) in [6.07, 6.45) is 44.0. The largest absolute Gasteiger partial charge is 0.394 e. The Morgan fingerprint density at radius 1 is 0.548 bits per heavy atom. The highest BCUT2D eigenvalue weighted by atomic mass is 16.3. The average molecular weight is 590 g/mol. The van der Waals surface area contributed by atoms with E-state index in [4.69, 9.17) is 0 Å². The van der Waals surface area contributed by atoms with E-state index in [-0.39, 0.29) is 12.5 Å². The quantitative estimate of drug-likeness (QED) is 0.0540. The molecule has 0 aliphatic heterocycles. The number of hydrogen-bond donors (Lipinski definition) is 3. The molecule has 246 valence electrons. The van der Waals surface area contributed by atoms with Crippen LogP contribution in [-0.2, 0) is 4.79 Å². The number of nitrogens with one attached hydrogen (secondary N) is 1. The first-order chi connectivity index (χ1) is 20.7. The third-order valence-electron chi connectivity index (χ3n) is 8.08. The fraction of sp³-hybridized carbons (Fsp3) is 0.816. The summed E-state index contributed by atoms with van der Waals surface area (Å²) in [5.41, 5.74) is 0. The van der Waals surface area contributed by atoms with Crippen molar-refractivity contribution in [2.45, 2.75) is 193 Å². The maximum Gasteiger partial charge on any atom is 0.220 e. The minimum Gasteiger partial charge on any atom is -0.394 e. The molecule has 0 heterocycles. The van der Waals surface area contributed by atoms with Crippen LogP contribution in [0, 0.1) is 0 Å². The van der Waals surface area contributed by atoms with E-state index in [9.17, 15) is 15.0 Å². The van der Waals surface area contributed by atoms with Crippen molar-refractivity contribution in [2.75, 3.05) is 6.61 Å². The minimum atomic E-state index is -0.857. The van der Waals surface area contributed by atoms with Gasteiger partial charge in [-0.1, -0.05) is 159 Å². The third kappa shape index (κ3) is 30.1. The van der Waals surface area contributed by atoms with Crippen molar-refractivity contribution >= 4 is 5.91 Å². The van der Waals surface area contributed by atoms with Gasteiger partial charge in [0.1, 0.15) is 0 Å². The van der Waals surface area contributed by atoms with E-state index in [0.717, 1.165) is 38.5 Å². The first kappa shape index (κ1) is 40.6. The van der Waals surface area contributed by atoms with Crippen molar-refractivity contribution < 1.29 is 15.0 Å². The molecular weight excluding hydrogens is 518 g/mol. The lowest BCUT2D eigenvalue weighted by atomic mass is 10.0. The van der Waals surface area contributed by atoms with Crippen molar-refractivity contribution in [3.8, 4) is 0 Å². The zero-order chi connectivity index (χ0) is 30.8. The molecular formula is C38H71NO3. The molecule has 0 saturated carbocycles. The number of unbranched alkanes of at least 4 members (excludes halogenated alkanes) is 21. The van der Waals surface area contributed by atoms with Gasteiger partial charge in [0.15, 0.2) is 0 Å². The smallest absolute Gasteiger partial charge is 0.220 e. The molecule has 1 amide bonds. The molecule has 0 aliphatic rings. The van der Waals surface area contributed by atoms with E-state index in [2.05, 4.69) is 43.5 Å². The molecule has 0 spiro atoms. The first-order valence-electron chi connectivity index (χ1n) is 18.2. The summed E-state index contributed by atoms with van der Waals surface area (Å²) in [6, 6.07) is -0.634. The van der Waals surface area contributed by atoms with Gasteiger partial charge in [-0.2, -0.15) is 0 Å². The van der Waals surface area contributed by atoms with Crippen molar-refractivity contribution in [1.29, 1.82) is 0 Å². The number of allylic oxidation sites excluding steroid dienone is 5. The van der Waals surface area contributed by atoms with Crippen LogP contribution in [0.25, 0.3) is 0 Å². The fourth-order valence-corrected chi connectivity index (χ4v) is 5.25. The van der Waals surface area contributed by atoms with Crippen LogP contribution in [0.2, 0.25) is 0 Å². The van der Waals surface area contributed by atoms with E-state index in [1.165, 1.54) is 122 Å². The number of aliphatic hydroxyl groups excluding tert-OH is 2. The van der Waals surface area contributed by atoms with Gasteiger partial charge in [0, 0.05) is 6.42 Å². The Morgan fingerprint density at radius 3 is 1.48 bits per heavy atom. The molecule has 0 radical (unpaired) electrons. The molecule has 4 heteroatoms. The second-order valence-electron chi connectivity index (χ2n) is 12.3. The second-order valence-corrected chi connectivity index (χ2v) is 12.3. The third-order valence-corrected chi connectivity index (χ3v) is 8.08. The molecule has 4 nitrogen and oxygen atoms in total. The van der Waals surface area contributed by atoms with Crippen molar-refractivity contribution in [3.05, 3.63) is 36.5 Å². The van der Waals surface area contributed by atoms with Crippen LogP contribution in [0.3, 0.4) is 0 Å². The number of hydrogen-bond acceptors (Lipinski definition) is 3. The maximum atomic E-state index is 12.2. The summed E-state index contributed by atoms with van der Waals surface area (Å²) in [7, 11) is 0. The predicted molar refractivity (Wildman–Crippen MR) is 184 cm³/mol. The van der Waals surface area contributed by atoms with E-state index in [1.54, 1.807) is 6.08 Å². The molecule has 0 aromatic heterocycles. The van der Waals surface area contributed by atoms with E-state index in [0.29, 0.717) is 6.42 Å². The van der Waals surface area contributed by atoms with Gasteiger partial charge < -0.3 is 15.5 Å². The molecule has 2 atom stereocenters. The Bertz CT molecular complexity index is 642. The van der Waals surface area contributed by atoms with Crippen LogP contribution in [0.5, 0.6) is 0 Å². The molecule has 0 aromatic rings. The number of amides is 1. The van der Waals surface area contributed by atoms with Crippen LogP contribution in [0.15, 0.2) is 36.5 Å². The lowest BCUT2D eigenvalue weighted by Crippen LogP contribution is -2.45. The molecule has 0 rings (SSSR count). The van der Waals surface area contributed by atoms with Gasteiger partial charge in [0.2, 0.25) is 5.91 Å². The monoisotopic (exact) mass is 590 g/mol. The first-order valence-corrected chi connectivity index (χ1v) is 18.2. The van der Waals surface area contributed by atoms with Crippen molar-refractivity contribution in [3.63, 3.8) is 0 Å². The summed E-state index contributed by atoms with van der Waals surface area (Å²) < 4.78 is 0. The molecule has 42 heavy (non-hydrogen) atoms. The summed E-state index contributed by atoms with van der Waals surface area (Å²) in [6.45, 7) is 4.18. The fourth-order valence-electron chi connectivity index (χ4n) is 5.25. The van der Waals surface area contributed by atoms with Gasteiger partial charge in [0.05, 0.1) is 18.8 Å². The van der Waals surface area contributed by atoms with Crippen molar-refractivity contribution in [2.24, 2.45) is 0 Å². The maximum absolute atomic E-state index is 12.2. The Labute approximate surface area is 261 Å². The van der Waals surface area contributed by atoms with Crippen LogP contribution in [0.1, 0.15) is 181 Å². The van der Waals surface area contributed by atoms with Gasteiger partial charge >= 0.3 is 0 Å². The standard InChI is InChI=1S/C38H71NO3/c1-3-5-7-9-11-12-13-14-15-16-17-18-19-20-21-22-23-24-25-26-28-30-32-34-38(42)39-36(35-40)37(41)33-31-29-27-10-8-6-4-2/h8,10,16-17,31,33,36-37,40-41H,3-7,9,11-15,18-30,32,34-35H2,1-2H3,(H,39,42)/b10-8+,17-16-,33-31+. The van der Waals surface area contributed by atoms with Gasteiger partial charge in [-0.15, -0.1) is 0 Å². The summed E-state index contributed by atoms with van der Waals surface area (Å²) in [4.78, 5) is 12.2. The molecule has 0 fully saturated rings. The highest BCUT2D eigenvalue weighted by Crippen LogP contribution is 2.14. The van der Waals surface area contributed by atoms with Crippen LogP contribution in [-0.4, -0.2) is 34.9 Å². The SMILES string of the molecule is CCC/C=C/CC/C=C/C(O)C(CO)NC(=O)CCCCCCCCCCCCC/C=C\CCCCCCCCCC. The normalized spacial score (nSPS) is 13.5. The van der Waals surface area contributed by atoms with Crippen molar-refractivity contribution in [1.82, 2.24) is 5.32 Å². The number of carbonyl (C=O) groups is 1. The summed E-state index contributed by atoms with van der Waals surface area (Å²) in [5.74, 6) is -0.0806. The van der Waals surface area contributed by atoms with Crippen LogP contribution < -0.4 is 5.32 Å². The number of aliphatic hydroxyl groups is 2. The number of carbonyl (C=O) groups excluding carboxylic acids is 1. The van der Waals surface area contributed by atoms with Gasteiger partial charge in [-0.25, -0.2) is 0 Å². The highest BCUT2D eigenvalue weighted by molar-refractivity contribution is 5.76. The molecule has 2 unspecified atom stereocenters. The van der Waals surface area contributed by atoms with Gasteiger partial charge in [0.25, 0.3) is 0 Å². The van der Waals surface area contributed by atoms with E-state index >= 15 is 0 Å².